The van der Waals surface area contributed by atoms with Crippen molar-refractivity contribution in [1.82, 2.24) is 0 Å². The van der Waals surface area contributed by atoms with E-state index in [9.17, 15) is 0 Å². The van der Waals surface area contributed by atoms with Gasteiger partial charge in [-0.15, -0.1) is 0 Å². The summed E-state index contributed by atoms with van der Waals surface area (Å²) in [7, 11) is 3.23. The summed E-state index contributed by atoms with van der Waals surface area (Å²) in [6, 6.07) is 5.46. The third-order valence-corrected chi connectivity index (χ3v) is 2.03. The molecule has 0 spiro atoms. The van der Waals surface area contributed by atoms with Crippen LogP contribution in [0.3, 0.4) is 0 Å². The molecule has 0 bridgehead atoms. The highest BCUT2D eigenvalue weighted by atomic mass is 79.9. The van der Waals surface area contributed by atoms with Crippen LogP contribution in [0, 0.1) is 0 Å². The Hall–Kier alpha value is -0.900. The Morgan fingerprint density at radius 2 is 1.93 bits per heavy atom. The molecule has 14 heavy (non-hydrogen) atoms. The Labute approximate surface area is 92.1 Å². The summed E-state index contributed by atoms with van der Waals surface area (Å²) in [5.41, 5.74) is 0. The van der Waals surface area contributed by atoms with Crippen molar-refractivity contribution in [1.29, 1.82) is 0 Å². The molecule has 0 saturated carbocycles. The molecule has 0 aromatic heterocycles. The predicted molar refractivity (Wildman–Crippen MR) is 58.8 cm³/mol. The van der Waals surface area contributed by atoms with Crippen LogP contribution in [0.25, 0.3) is 0 Å². The predicted octanol–water partition coefficient (Wildman–Crippen LogP) is 2.48. The van der Waals surface area contributed by atoms with Gasteiger partial charge in [-0.3, -0.25) is 0 Å². The number of alkyl halides is 1. The molecular formula is C10H13BrO3. The van der Waals surface area contributed by atoms with E-state index in [1.165, 1.54) is 0 Å². The van der Waals surface area contributed by atoms with Crippen molar-refractivity contribution < 1.29 is 14.2 Å². The SMILES string of the molecule is COc1ccc(OC)c(OCCBr)c1. The summed E-state index contributed by atoms with van der Waals surface area (Å²) in [5, 5.41) is 0.785. The van der Waals surface area contributed by atoms with E-state index in [-0.39, 0.29) is 0 Å². The molecule has 0 amide bonds. The summed E-state index contributed by atoms with van der Waals surface area (Å²) < 4.78 is 15.7. The maximum absolute atomic E-state index is 5.47. The van der Waals surface area contributed by atoms with Gasteiger partial charge in [0.25, 0.3) is 0 Å². The zero-order valence-corrected chi connectivity index (χ0v) is 9.83. The van der Waals surface area contributed by atoms with Crippen LogP contribution < -0.4 is 14.2 Å². The van der Waals surface area contributed by atoms with Crippen LogP contribution in [0.15, 0.2) is 18.2 Å². The molecule has 1 aromatic carbocycles. The average molecular weight is 261 g/mol. The first-order chi connectivity index (χ1) is 6.81. The Morgan fingerprint density at radius 3 is 2.50 bits per heavy atom. The summed E-state index contributed by atoms with van der Waals surface area (Å²) in [4.78, 5) is 0. The Balaban J connectivity index is 2.84. The number of rotatable bonds is 5. The highest BCUT2D eigenvalue weighted by Gasteiger charge is 2.05. The molecule has 1 rings (SSSR count). The van der Waals surface area contributed by atoms with Gasteiger partial charge in [-0.2, -0.15) is 0 Å². The lowest BCUT2D eigenvalue weighted by atomic mass is 10.3. The fourth-order valence-corrected chi connectivity index (χ4v) is 1.21. The first-order valence-corrected chi connectivity index (χ1v) is 5.34. The normalized spacial score (nSPS) is 9.64. The number of halogens is 1. The van der Waals surface area contributed by atoms with Crippen molar-refractivity contribution >= 4 is 15.9 Å². The van der Waals surface area contributed by atoms with E-state index < -0.39 is 0 Å². The van der Waals surface area contributed by atoms with E-state index in [0.29, 0.717) is 18.1 Å². The van der Waals surface area contributed by atoms with Crippen molar-refractivity contribution in [2.24, 2.45) is 0 Å². The van der Waals surface area contributed by atoms with Gasteiger partial charge in [-0.05, 0) is 12.1 Å². The maximum Gasteiger partial charge on any atom is 0.164 e. The van der Waals surface area contributed by atoms with Crippen LogP contribution in [-0.4, -0.2) is 26.2 Å². The highest BCUT2D eigenvalue weighted by Crippen LogP contribution is 2.31. The Bertz CT molecular complexity index is 289. The summed E-state index contributed by atoms with van der Waals surface area (Å²) in [6.07, 6.45) is 0. The van der Waals surface area contributed by atoms with Gasteiger partial charge >= 0.3 is 0 Å². The number of methoxy groups -OCH3 is 2. The first kappa shape index (κ1) is 11.2. The summed E-state index contributed by atoms with van der Waals surface area (Å²) >= 11 is 3.29. The van der Waals surface area contributed by atoms with Crippen LogP contribution in [0.1, 0.15) is 0 Å². The van der Waals surface area contributed by atoms with E-state index in [0.717, 1.165) is 11.1 Å². The number of hydrogen-bond acceptors (Lipinski definition) is 3. The second kappa shape index (κ2) is 5.75. The molecular weight excluding hydrogens is 248 g/mol. The van der Waals surface area contributed by atoms with Crippen molar-refractivity contribution in [2.45, 2.75) is 0 Å². The van der Waals surface area contributed by atoms with Crippen LogP contribution >= 0.6 is 15.9 Å². The van der Waals surface area contributed by atoms with Crippen molar-refractivity contribution in [3.05, 3.63) is 18.2 Å². The van der Waals surface area contributed by atoms with Gasteiger partial charge < -0.3 is 14.2 Å². The molecule has 0 aliphatic carbocycles. The smallest absolute Gasteiger partial charge is 0.164 e. The van der Waals surface area contributed by atoms with Crippen molar-refractivity contribution in [3.8, 4) is 17.2 Å². The van der Waals surface area contributed by atoms with E-state index in [4.69, 9.17) is 14.2 Å². The molecule has 1 aromatic rings. The third-order valence-electron chi connectivity index (χ3n) is 1.71. The maximum atomic E-state index is 5.47. The van der Waals surface area contributed by atoms with Crippen LogP contribution in [0.5, 0.6) is 17.2 Å². The molecule has 0 heterocycles. The molecule has 0 atom stereocenters. The minimum absolute atomic E-state index is 0.601. The van der Waals surface area contributed by atoms with Crippen LogP contribution in [0.4, 0.5) is 0 Å². The zero-order chi connectivity index (χ0) is 10.4. The standard InChI is InChI=1S/C10H13BrO3/c1-12-8-3-4-9(13-2)10(7-8)14-6-5-11/h3-4,7H,5-6H2,1-2H3. The van der Waals surface area contributed by atoms with Crippen LogP contribution in [-0.2, 0) is 0 Å². The third kappa shape index (κ3) is 2.80. The molecule has 0 unspecified atom stereocenters. The van der Waals surface area contributed by atoms with E-state index in [2.05, 4.69) is 15.9 Å². The van der Waals surface area contributed by atoms with E-state index in [1.54, 1.807) is 14.2 Å². The lowest BCUT2D eigenvalue weighted by Gasteiger charge is -2.10. The molecule has 0 saturated heterocycles. The molecule has 0 aliphatic heterocycles. The number of ether oxygens (including phenoxy) is 3. The zero-order valence-electron chi connectivity index (χ0n) is 8.25. The summed E-state index contributed by atoms with van der Waals surface area (Å²) in [6.45, 7) is 0.601. The molecule has 3 nitrogen and oxygen atoms in total. The average Bonchev–Trinajstić information content (AvgIpc) is 2.25. The lowest BCUT2D eigenvalue weighted by molar-refractivity contribution is 0.311. The molecule has 0 N–H and O–H groups in total. The first-order valence-electron chi connectivity index (χ1n) is 4.22. The monoisotopic (exact) mass is 260 g/mol. The van der Waals surface area contributed by atoms with Crippen molar-refractivity contribution in [3.63, 3.8) is 0 Å². The molecule has 0 aliphatic rings. The van der Waals surface area contributed by atoms with E-state index in [1.807, 2.05) is 18.2 Å². The van der Waals surface area contributed by atoms with E-state index >= 15 is 0 Å². The highest BCUT2D eigenvalue weighted by molar-refractivity contribution is 9.09. The van der Waals surface area contributed by atoms with Gasteiger partial charge in [0.05, 0.1) is 20.8 Å². The molecule has 4 heteroatoms. The van der Waals surface area contributed by atoms with Gasteiger partial charge in [0.1, 0.15) is 5.75 Å². The summed E-state index contributed by atoms with van der Waals surface area (Å²) in [5.74, 6) is 2.17. The van der Waals surface area contributed by atoms with Gasteiger partial charge in [0.2, 0.25) is 0 Å². The molecule has 0 fully saturated rings. The number of benzene rings is 1. The lowest BCUT2D eigenvalue weighted by Crippen LogP contribution is -2.00. The second-order valence-electron chi connectivity index (χ2n) is 2.55. The number of hydrogen-bond donors (Lipinski definition) is 0. The molecule has 0 radical (unpaired) electrons. The van der Waals surface area contributed by atoms with Crippen LogP contribution in [0.2, 0.25) is 0 Å². The second-order valence-corrected chi connectivity index (χ2v) is 3.35. The minimum Gasteiger partial charge on any atom is -0.497 e. The van der Waals surface area contributed by atoms with Gasteiger partial charge in [-0.25, -0.2) is 0 Å². The fourth-order valence-electron chi connectivity index (χ4n) is 1.05. The van der Waals surface area contributed by atoms with Gasteiger partial charge in [0, 0.05) is 11.4 Å². The minimum atomic E-state index is 0.601. The van der Waals surface area contributed by atoms with Crippen molar-refractivity contribution in [2.75, 3.05) is 26.2 Å². The largest absolute Gasteiger partial charge is 0.497 e. The fraction of sp³-hybridized carbons (Fsp3) is 0.400. The molecule has 78 valence electrons. The topological polar surface area (TPSA) is 27.7 Å². The Morgan fingerprint density at radius 1 is 1.14 bits per heavy atom. The Kier molecular flexibility index (Phi) is 4.59. The van der Waals surface area contributed by atoms with Gasteiger partial charge in [0.15, 0.2) is 11.5 Å². The van der Waals surface area contributed by atoms with Gasteiger partial charge in [-0.1, -0.05) is 15.9 Å². The quantitative estimate of drug-likeness (QED) is 0.762.